The van der Waals surface area contributed by atoms with E-state index < -0.39 is 6.10 Å². The maximum atomic E-state index is 11.9. The molecule has 0 radical (unpaired) electrons. The minimum atomic E-state index is -0.450. The fourth-order valence-electron chi connectivity index (χ4n) is 2.35. The number of ether oxygens (including phenoxy) is 1. The molecule has 1 fully saturated rings. The second-order valence-electron chi connectivity index (χ2n) is 4.91. The first kappa shape index (κ1) is 15.1. The molecule has 0 bridgehead atoms. The monoisotopic (exact) mass is 342 g/mol. The van der Waals surface area contributed by atoms with E-state index in [0.29, 0.717) is 11.4 Å². The maximum absolute atomic E-state index is 11.9. The van der Waals surface area contributed by atoms with E-state index in [1.807, 2.05) is 6.07 Å². The van der Waals surface area contributed by atoms with Gasteiger partial charge in [0.15, 0.2) is 0 Å². The van der Waals surface area contributed by atoms with E-state index >= 15 is 0 Å². The number of nitrogens with one attached hydrogen (secondary N) is 2. The third-order valence-electron chi connectivity index (χ3n) is 3.45. The van der Waals surface area contributed by atoms with Crippen LogP contribution in [0.15, 0.2) is 22.7 Å². The molecule has 1 aliphatic rings. The van der Waals surface area contributed by atoms with Crippen LogP contribution in [-0.4, -0.2) is 30.4 Å². The van der Waals surface area contributed by atoms with Gasteiger partial charge in [0.05, 0.1) is 23.7 Å². The first-order valence-electron chi connectivity index (χ1n) is 6.69. The topological polar surface area (TPSA) is 70.6 Å². The van der Waals surface area contributed by atoms with Crippen LogP contribution in [0.4, 0.5) is 10.5 Å². The van der Waals surface area contributed by atoms with Crippen LogP contribution in [0, 0.1) is 0 Å². The molecule has 0 aromatic heterocycles. The SMILES string of the molecule is COc1cc(NC(=O)N[C@H]2CCCC[C@H]2O)ccc1Br. The summed E-state index contributed by atoms with van der Waals surface area (Å²) in [6.45, 7) is 0. The van der Waals surface area contributed by atoms with Gasteiger partial charge in [0.1, 0.15) is 5.75 Å². The minimum Gasteiger partial charge on any atom is -0.495 e. The second-order valence-corrected chi connectivity index (χ2v) is 5.76. The number of anilines is 1. The van der Waals surface area contributed by atoms with Crippen molar-refractivity contribution >= 4 is 27.6 Å². The summed E-state index contributed by atoms with van der Waals surface area (Å²) in [4.78, 5) is 11.9. The first-order valence-corrected chi connectivity index (χ1v) is 7.48. The Kier molecular flexibility index (Phi) is 5.25. The molecule has 3 N–H and O–H groups in total. The van der Waals surface area contributed by atoms with Crippen LogP contribution in [0.2, 0.25) is 0 Å². The van der Waals surface area contributed by atoms with Crippen molar-refractivity contribution < 1.29 is 14.6 Å². The molecule has 1 aliphatic carbocycles. The second kappa shape index (κ2) is 6.95. The molecule has 0 unspecified atom stereocenters. The van der Waals surface area contributed by atoms with E-state index in [1.54, 1.807) is 19.2 Å². The third-order valence-corrected chi connectivity index (χ3v) is 4.11. The van der Waals surface area contributed by atoms with Crippen LogP contribution in [0.1, 0.15) is 25.7 Å². The maximum Gasteiger partial charge on any atom is 0.319 e. The number of urea groups is 1. The molecule has 110 valence electrons. The Balaban J connectivity index is 1.94. The lowest BCUT2D eigenvalue weighted by molar-refractivity contribution is 0.0955. The van der Waals surface area contributed by atoms with E-state index in [-0.39, 0.29) is 12.1 Å². The fraction of sp³-hybridized carbons (Fsp3) is 0.500. The zero-order valence-corrected chi connectivity index (χ0v) is 12.9. The van der Waals surface area contributed by atoms with Gasteiger partial charge in [-0.15, -0.1) is 0 Å². The number of aliphatic hydroxyl groups is 1. The summed E-state index contributed by atoms with van der Waals surface area (Å²) in [5.41, 5.74) is 0.646. The molecule has 1 aromatic carbocycles. The minimum absolute atomic E-state index is 0.166. The van der Waals surface area contributed by atoms with Crippen molar-refractivity contribution in [1.29, 1.82) is 0 Å². The number of carbonyl (C=O) groups is 1. The molecule has 5 nitrogen and oxygen atoms in total. The molecule has 0 spiro atoms. The molecule has 20 heavy (non-hydrogen) atoms. The number of hydrogen-bond donors (Lipinski definition) is 3. The molecule has 2 rings (SSSR count). The Morgan fingerprint density at radius 3 is 2.85 bits per heavy atom. The highest BCUT2D eigenvalue weighted by Crippen LogP contribution is 2.27. The zero-order valence-electron chi connectivity index (χ0n) is 11.4. The van der Waals surface area contributed by atoms with Gasteiger partial charge in [-0.05, 0) is 40.9 Å². The lowest BCUT2D eigenvalue weighted by atomic mass is 9.93. The third kappa shape index (κ3) is 3.86. The Morgan fingerprint density at radius 1 is 1.40 bits per heavy atom. The number of rotatable bonds is 3. The normalized spacial score (nSPS) is 22.1. The predicted octanol–water partition coefficient (Wildman–Crippen LogP) is 2.88. The summed E-state index contributed by atoms with van der Waals surface area (Å²) in [5.74, 6) is 0.653. The molecular weight excluding hydrogens is 324 g/mol. The van der Waals surface area contributed by atoms with Crippen LogP contribution in [-0.2, 0) is 0 Å². The van der Waals surface area contributed by atoms with Crippen LogP contribution in [0.25, 0.3) is 0 Å². The summed E-state index contributed by atoms with van der Waals surface area (Å²) < 4.78 is 6.00. The van der Waals surface area contributed by atoms with E-state index in [1.165, 1.54) is 0 Å². The molecule has 2 atom stereocenters. The first-order chi connectivity index (χ1) is 9.60. The average molecular weight is 343 g/mol. The van der Waals surface area contributed by atoms with Crippen molar-refractivity contribution in [1.82, 2.24) is 5.32 Å². The van der Waals surface area contributed by atoms with Gasteiger partial charge in [0, 0.05) is 11.8 Å². The largest absolute Gasteiger partial charge is 0.495 e. The van der Waals surface area contributed by atoms with Gasteiger partial charge in [-0.1, -0.05) is 12.8 Å². The van der Waals surface area contributed by atoms with Gasteiger partial charge < -0.3 is 20.5 Å². The van der Waals surface area contributed by atoms with Crippen LogP contribution >= 0.6 is 15.9 Å². The Hall–Kier alpha value is -1.27. The van der Waals surface area contributed by atoms with E-state index in [0.717, 1.165) is 30.2 Å². The van der Waals surface area contributed by atoms with E-state index in [2.05, 4.69) is 26.6 Å². The van der Waals surface area contributed by atoms with Crippen molar-refractivity contribution in [3.05, 3.63) is 22.7 Å². The molecule has 0 heterocycles. The average Bonchev–Trinajstić information content (AvgIpc) is 2.43. The fourth-order valence-corrected chi connectivity index (χ4v) is 2.76. The van der Waals surface area contributed by atoms with Gasteiger partial charge in [-0.2, -0.15) is 0 Å². The van der Waals surface area contributed by atoms with E-state index in [4.69, 9.17) is 4.74 Å². The van der Waals surface area contributed by atoms with Gasteiger partial charge in [0.2, 0.25) is 0 Å². The van der Waals surface area contributed by atoms with Crippen LogP contribution in [0.5, 0.6) is 5.75 Å². The molecule has 1 saturated carbocycles. The number of halogens is 1. The number of hydrogen-bond acceptors (Lipinski definition) is 3. The van der Waals surface area contributed by atoms with Crippen molar-refractivity contribution in [3.8, 4) is 5.75 Å². The van der Waals surface area contributed by atoms with Crippen LogP contribution < -0.4 is 15.4 Å². The summed E-state index contributed by atoms with van der Waals surface area (Å²) in [7, 11) is 1.57. The summed E-state index contributed by atoms with van der Waals surface area (Å²) in [6.07, 6.45) is 3.17. The number of amides is 2. The lowest BCUT2D eigenvalue weighted by Gasteiger charge is -2.28. The molecule has 1 aromatic rings. The van der Waals surface area contributed by atoms with Crippen molar-refractivity contribution in [2.24, 2.45) is 0 Å². The standard InChI is InChI=1S/C14H19BrN2O3/c1-20-13-8-9(6-7-10(13)15)16-14(19)17-11-4-2-3-5-12(11)18/h6-8,11-12,18H,2-5H2,1H3,(H2,16,17,19)/t11-,12+/m0/s1. The van der Waals surface area contributed by atoms with Gasteiger partial charge in [-0.25, -0.2) is 4.79 Å². The highest BCUT2D eigenvalue weighted by atomic mass is 79.9. The number of benzene rings is 1. The summed E-state index contributed by atoms with van der Waals surface area (Å²) >= 11 is 3.36. The summed E-state index contributed by atoms with van der Waals surface area (Å²) in [5, 5.41) is 15.4. The zero-order chi connectivity index (χ0) is 14.5. The van der Waals surface area contributed by atoms with E-state index in [9.17, 15) is 9.90 Å². The molecule has 0 saturated heterocycles. The lowest BCUT2D eigenvalue weighted by Crippen LogP contribution is -2.46. The Labute approximate surface area is 126 Å². The Bertz CT molecular complexity index is 481. The highest BCUT2D eigenvalue weighted by Gasteiger charge is 2.24. The van der Waals surface area contributed by atoms with Gasteiger partial charge in [-0.3, -0.25) is 0 Å². The number of carbonyl (C=O) groups excluding carboxylic acids is 1. The molecule has 0 aliphatic heterocycles. The quantitative estimate of drug-likeness (QED) is 0.790. The Morgan fingerprint density at radius 2 is 2.15 bits per heavy atom. The molecular formula is C14H19BrN2O3. The number of methoxy groups -OCH3 is 1. The van der Waals surface area contributed by atoms with Crippen molar-refractivity contribution in [3.63, 3.8) is 0 Å². The summed E-state index contributed by atoms with van der Waals surface area (Å²) in [6, 6.07) is 4.86. The smallest absolute Gasteiger partial charge is 0.319 e. The van der Waals surface area contributed by atoms with Gasteiger partial charge in [0.25, 0.3) is 0 Å². The van der Waals surface area contributed by atoms with Crippen molar-refractivity contribution in [2.75, 3.05) is 12.4 Å². The molecule has 6 heteroatoms. The highest BCUT2D eigenvalue weighted by molar-refractivity contribution is 9.10. The molecule has 2 amide bonds. The van der Waals surface area contributed by atoms with Crippen molar-refractivity contribution in [2.45, 2.75) is 37.8 Å². The van der Waals surface area contributed by atoms with Gasteiger partial charge >= 0.3 is 6.03 Å². The van der Waals surface area contributed by atoms with Crippen LogP contribution in [0.3, 0.4) is 0 Å². The predicted molar refractivity (Wildman–Crippen MR) is 81.1 cm³/mol. The number of aliphatic hydroxyl groups excluding tert-OH is 1.